The molecule has 0 bridgehead atoms. The lowest BCUT2D eigenvalue weighted by atomic mass is 9.93. The monoisotopic (exact) mass is 438 g/mol. The predicted molar refractivity (Wildman–Crippen MR) is 115 cm³/mol. The number of ether oxygens (including phenoxy) is 1. The number of carbonyl (C=O) groups is 3. The average Bonchev–Trinajstić information content (AvgIpc) is 3.19. The molecule has 1 saturated heterocycles. The maximum absolute atomic E-state index is 13.1. The number of esters is 1. The molecule has 32 heavy (non-hydrogen) atoms. The number of aryl methyl sites for hydroxylation is 1. The van der Waals surface area contributed by atoms with Crippen molar-refractivity contribution in [1.82, 2.24) is 15.3 Å². The molecule has 1 aliphatic carbocycles. The number of hydrogen-bond donors (Lipinski definition) is 1. The number of fused-ring (bicyclic) bond motifs is 1. The van der Waals surface area contributed by atoms with Gasteiger partial charge in [0.2, 0.25) is 0 Å². The van der Waals surface area contributed by atoms with Crippen LogP contribution in [0.25, 0.3) is 0 Å². The van der Waals surface area contributed by atoms with Gasteiger partial charge in [0.05, 0.1) is 18.7 Å². The van der Waals surface area contributed by atoms with Gasteiger partial charge in [-0.25, -0.2) is 5.43 Å². The molecule has 168 valence electrons. The van der Waals surface area contributed by atoms with Crippen molar-refractivity contribution in [2.75, 3.05) is 20.2 Å². The van der Waals surface area contributed by atoms with E-state index < -0.39 is 0 Å². The highest BCUT2D eigenvalue weighted by atomic mass is 16.5. The number of rotatable bonds is 4. The van der Waals surface area contributed by atoms with E-state index in [0.717, 1.165) is 23.3 Å². The first-order valence-corrected chi connectivity index (χ1v) is 10.8. The van der Waals surface area contributed by atoms with E-state index in [9.17, 15) is 14.4 Å². The summed E-state index contributed by atoms with van der Waals surface area (Å²) in [6, 6.07) is 3.23. The van der Waals surface area contributed by atoms with Crippen LogP contribution in [-0.2, 0) is 16.0 Å². The van der Waals surface area contributed by atoms with Gasteiger partial charge in [-0.1, -0.05) is 0 Å². The summed E-state index contributed by atoms with van der Waals surface area (Å²) in [5.74, 6) is 0.132. The third-order valence-corrected chi connectivity index (χ3v) is 6.07. The molecule has 2 aliphatic rings. The van der Waals surface area contributed by atoms with Crippen LogP contribution in [0.15, 0.2) is 34.0 Å². The zero-order valence-electron chi connectivity index (χ0n) is 18.2. The summed E-state index contributed by atoms with van der Waals surface area (Å²) in [6.07, 6.45) is 6.46. The Morgan fingerprint density at radius 3 is 2.59 bits per heavy atom. The largest absolute Gasteiger partial charge is 0.469 e. The quantitative estimate of drug-likeness (QED) is 0.579. The smallest absolute Gasteiger partial charge is 0.308 e. The summed E-state index contributed by atoms with van der Waals surface area (Å²) in [5.41, 5.74) is 5.31. The van der Waals surface area contributed by atoms with Gasteiger partial charge in [0, 0.05) is 48.6 Å². The SMILES string of the molecule is COC(=O)C1CCN(C(=O)c2oc3c(c2C)/C(=N/NC(=O)c2ccncc2)CCC3)CC1. The highest BCUT2D eigenvalue weighted by molar-refractivity contribution is 6.07. The lowest BCUT2D eigenvalue weighted by Gasteiger charge is -2.30. The van der Waals surface area contributed by atoms with Crippen molar-refractivity contribution in [3.8, 4) is 0 Å². The van der Waals surface area contributed by atoms with E-state index in [-0.39, 0.29) is 23.7 Å². The second-order valence-electron chi connectivity index (χ2n) is 8.03. The summed E-state index contributed by atoms with van der Waals surface area (Å²) < 4.78 is 10.8. The minimum Gasteiger partial charge on any atom is -0.469 e. The van der Waals surface area contributed by atoms with Crippen LogP contribution >= 0.6 is 0 Å². The Morgan fingerprint density at radius 1 is 1.19 bits per heavy atom. The second-order valence-corrected chi connectivity index (χ2v) is 8.03. The fourth-order valence-corrected chi connectivity index (χ4v) is 4.30. The molecule has 0 aromatic carbocycles. The zero-order chi connectivity index (χ0) is 22.7. The Labute approximate surface area is 185 Å². The molecule has 4 rings (SSSR count). The number of carbonyl (C=O) groups excluding carboxylic acids is 3. The first-order valence-electron chi connectivity index (χ1n) is 10.8. The van der Waals surface area contributed by atoms with Gasteiger partial charge in [-0.2, -0.15) is 5.10 Å². The van der Waals surface area contributed by atoms with Crippen LogP contribution in [0.3, 0.4) is 0 Å². The van der Waals surface area contributed by atoms with Crippen LogP contribution in [0.4, 0.5) is 0 Å². The van der Waals surface area contributed by atoms with E-state index >= 15 is 0 Å². The third-order valence-electron chi connectivity index (χ3n) is 6.07. The maximum Gasteiger partial charge on any atom is 0.308 e. The van der Waals surface area contributed by atoms with Crippen LogP contribution < -0.4 is 5.43 Å². The number of hydrogen-bond acceptors (Lipinski definition) is 7. The average molecular weight is 438 g/mol. The molecule has 1 N–H and O–H groups in total. The summed E-state index contributed by atoms with van der Waals surface area (Å²) >= 11 is 0. The van der Waals surface area contributed by atoms with Gasteiger partial charge in [0.1, 0.15) is 5.76 Å². The molecule has 2 aromatic heterocycles. The van der Waals surface area contributed by atoms with E-state index in [4.69, 9.17) is 9.15 Å². The lowest BCUT2D eigenvalue weighted by Crippen LogP contribution is -2.40. The van der Waals surface area contributed by atoms with Gasteiger partial charge in [-0.3, -0.25) is 19.4 Å². The second kappa shape index (κ2) is 9.33. The Morgan fingerprint density at radius 2 is 1.91 bits per heavy atom. The van der Waals surface area contributed by atoms with Crippen molar-refractivity contribution in [3.05, 3.63) is 52.7 Å². The molecule has 0 saturated carbocycles. The molecule has 9 nitrogen and oxygen atoms in total. The molecule has 0 radical (unpaired) electrons. The standard InChI is InChI=1S/C23H26N4O5/c1-14-19-17(25-26-21(28)15-6-10-24-11-7-15)4-3-5-18(19)32-20(14)22(29)27-12-8-16(9-13-27)23(30)31-2/h6-7,10-11,16H,3-5,8-9,12-13H2,1-2H3,(H,26,28)/b25-17+. The Hall–Kier alpha value is -3.49. The number of nitrogens with one attached hydrogen (secondary N) is 1. The van der Waals surface area contributed by atoms with Gasteiger partial charge in [0.25, 0.3) is 11.8 Å². The van der Waals surface area contributed by atoms with E-state index in [0.29, 0.717) is 55.8 Å². The van der Waals surface area contributed by atoms with Crippen molar-refractivity contribution >= 4 is 23.5 Å². The number of nitrogens with zero attached hydrogens (tertiary/aromatic N) is 3. The molecule has 0 unspecified atom stereocenters. The number of piperidine rings is 1. The molecular formula is C23H26N4O5. The van der Waals surface area contributed by atoms with Crippen molar-refractivity contribution < 1.29 is 23.5 Å². The van der Waals surface area contributed by atoms with Gasteiger partial charge in [-0.05, 0) is 44.7 Å². The number of likely N-dealkylation sites (tertiary alicyclic amines) is 1. The third kappa shape index (κ3) is 4.28. The van der Waals surface area contributed by atoms with Gasteiger partial charge >= 0.3 is 5.97 Å². The topological polar surface area (TPSA) is 114 Å². The molecule has 3 heterocycles. The van der Waals surface area contributed by atoms with Crippen LogP contribution in [0.5, 0.6) is 0 Å². The van der Waals surface area contributed by atoms with Gasteiger partial charge in [-0.15, -0.1) is 0 Å². The summed E-state index contributed by atoms with van der Waals surface area (Å²) in [7, 11) is 1.38. The zero-order valence-corrected chi connectivity index (χ0v) is 18.2. The van der Waals surface area contributed by atoms with Crippen molar-refractivity contribution in [2.24, 2.45) is 11.0 Å². The highest BCUT2D eigenvalue weighted by Crippen LogP contribution is 2.31. The fraction of sp³-hybridized carbons (Fsp3) is 0.435. The van der Waals surface area contributed by atoms with E-state index in [1.807, 2.05) is 6.92 Å². The fourth-order valence-electron chi connectivity index (χ4n) is 4.30. The van der Waals surface area contributed by atoms with E-state index in [2.05, 4.69) is 15.5 Å². The molecule has 2 amide bonds. The molecule has 1 fully saturated rings. The van der Waals surface area contributed by atoms with Crippen LogP contribution in [-0.4, -0.2) is 53.6 Å². The van der Waals surface area contributed by atoms with E-state index in [1.165, 1.54) is 7.11 Å². The Balaban J connectivity index is 1.50. The van der Waals surface area contributed by atoms with Crippen LogP contribution in [0, 0.1) is 12.8 Å². The summed E-state index contributed by atoms with van der Waals surface area (Å²) in [6.45, 7) is 2.81. The van der Waals surface area contributed by atoms with Crippen molar-refractivity contribution in [1.29, 1.82) is 0 Å². The molecule has 0 spiro atoms. The van der Waals surface area contributed by atoms with Gasteiger partial charge in [0.15, 0.2) is 5.76 Å². The number of methoxy groups -OCH3 is 1. The van der Waals surface area contributed by atoms with E-state index in [1.54, 1.807) is 29.4 Å². The molecule has 0 atom stereocenters. The lowest BCUT2D eigenvalue weighted by molar-refractivity contribution is -0.146. The first kappa shape index (κ1) is 21.7. The molecule has 2 aromatic rings. The molecular weight excluding hydrogens is 412 g/mol. The number of pyridine rings is 1. The minimum absolute atomic E-state index is 0.169. The first-order chi connectivity index (χ1) is 15.5. The van der Waals surface area contributed by atoms with Crippen molar-refractivity contribution in [2.45, 2.75) is 39.0 Å². The van der Waals surface area contributed by atoms with Crippen molar-refractivity contribution in [3.63, 3.8) is 0 Å². The number of amides is 2. The Bertz CT molecular complexity index is 1050. The van der Waals surface area contributed by atoms with Crippen LogP contribution in [0.2, 0.25) is 0 Å². The van der Waals surface area contributed by atoms with Gasteiger partial charge < -0.3 is 14.1 Å². The predicted octanol–water partition coefficient (Wildman–Crippen LogP) is 2.48. The number of hydrazone groups is 1. The van der Waals surface area contributed by atoms with Crippen LogP contribution in [0.1, 0.15) is 63.5 Å². The Kier molecular flexibility index (Phi) is 6.34. The summed E-state index contributed by atoms with van der Waals surface area (Å²) in [5, 5.41) is 4.35. The minimum atomic E-state index is -0.321. The molecule has 1 aliphatic heterocycles. The number of aromatic nitrogens is 1. The number of furan rings is 1. The molecule has 9 heteroatoms. The maximum atomic E-state index is 13.1. The normalized spacial score (nSPS) is 17.7. The summed E-state index contributed by atoms with van der Waals surface area (Å²) in [4.78, 5) is 42.9. The highest BCUT2D eigenvalue weighted by Gasteiger charge is 2.33.